The van der Waals surface area contributed by atoms with E-state index < -0.39 is 6.04 Å². The molecule has 5 heteroatoms. The van der Waals surface area contributed by atoms with E-state index in [2.05, 4.69) is 10.6 Å². The topological polar surface area (TPSA) is 71.3 Å². The summed E-state index contributed by atoms with van der Waals surface area (Å²) >= 11 is 0. The molecule has 24 heavy (non-hydrogen) atoms. The van der Waals surface area contributed by atoms with Crippen LogP contribution < -0.4 is 10.6 Å². The van der Waals surface area contributed by atoms with Gasteiger partial charge in [0.05, 0.1) is 18.7 Å². The summed E-state index contributed by atoms with van der Waals surface area (Å²) in [5, 5.41) is 5.72. The molecule has 0 fully saturated rings. The van der Waals surface area contributed by atoms with E-state index in [1.807, 2.05) is 57.2 Å². The van der Waals surface area contributed by atoms with Crippen LogP contribution >= 0.6 is 0 Å². The number of hydrogen-bond donors (Lipinski definition) is 2. The Kier molecular flexibility index (Phi) is 6.18. The maximum atomic E-state index is 12.5. The van der Waals surface area contributed by atoms with E-state index in [4.69, 9.17) is 4.42 Å². The quantitative estimate of drug-likeness (QED) is 0.821. The Hall–Kier alpha value is -2.56. The van der Waals surface area contributed by atoms with Gasteiger partial charge < -0.3 is 15.1 Å². The van der Waals surface area contributed by atoms with Crippen molar-refractivity contribution in [2.75, 3.05) is 0 Å². The lowest BCUT2D eigenvalue weighted by Gasteiger charge is -2.23. The third-order valence-electron chi connectivity index (χ3n) is 3.80. The lowest BCUT2D eigenvalue weighted by molar-refractivity contribution is -0.130. The SMILES string of the molecule is CC(C)[C@@H](NC(=O)Cc1ccccc1)C(=O)N[C@@H](C)c1ccco1. The highest BCUT2D eigenvalue weighted by molar-refractivity contribution is 5.88. The van der Waals surface area contributed by atoms with Crippen molar-refractivity contribution >= 4 is 11.8 Å². The zero-order valence-electron chi connectivity index (χ0n) is 14.3. The summed E-state index contributed by atoms with van der Waals surface area (Å²) in [6, 6.07) is 12.2. The first-order valence-electron chi connectivity index (χ1n) is 8.14. The van der Waals surface area contributed by atoms with Crippen LogP contribution in [0.2, 0.25) is 0 Å². The predicted octanol–water partition coefficient (Wildman–Crippen LogP) is 2.84. The average Bonchev–Trinajstić information content (AvgIpc) is 3.07. The van der Waals surface area contributed by atoms with Crippen LogP contribution in [-0.4, -0.2) is 17.9 Å². The lowest BCUT2D eigenvalue weighted by Crippen LogP contribution is -2.50. The summed E-state index contributed by atoms with van der Waals surface area (Å²) in [6.45, 7) is 5.66. The Morgan fingerprint density at radius 1 is 1.00 bits per heavy atom. The molecule has 0 saturated carbocycles. The minimum atomic E-state index is -0.585. The molecule has 2 aromatic rings. The number of rotatable bonds is 7. The van der Waals surface area contributed by atoms with Crippen LogP contribution in [0.5, 0.6) is 0 Å². The molecule has 0 radical (unpaired) electrons. The first-order chi connectivity index (χ1) is 11.5. The van der Waals surface area contributed by atoms with E-state index in [0.717, 1.165) is 5.56 Å². The third kappa shape index (κ3) is 4.98. The van der Waals surface area contributed by atoms with Crippen molar-refractivity contribution in [2.24, 2.45) is 5.92 Å². The minimum absolute atomic E-state index is 0.0199. The predicted molar refractivity (Wildman–Crippen MR) is 92.2 cm³/mol. The monoisotopic (exact) mass is 328 g/mol. The highest BCUT2D eigenvalue weighted by atomic mass is 16.3. The van der Waals surface area contributed by atoms with Gasteiger partial charge in [0.2, 0.25) is 11.8 Å². The number of benzene rings is 1. The molecule has 0 aliphatic rings. The maximum absolute atomic E-state index is 12.5. The van der Waals surface area contributed by atoms with Crippen LogP contribution in [0, 0.1) is 5.92 Å². The molecule has 1 heterocycles. The van der Waals surface area contributed by atoms with Crippen LogP contribution in [-0.2, 0) is 16.0 Å². The molecule has 0 spiro atoms. The molecule has 5 nitrogen and oxygen atoms in total. The van der Waals surface area contributed by atoms with Crippen molar-refractivity contribution in [1.29, 1.82) is 0 Å². The summed E-state index contributed by atoms with van der Waals surface area (Å²) in [6.07, 6.45) is 1.82. The molecule has 0 bridgehead atoms. The second kappa shape index (κ2) is 8.34. The van der Waals surface area contributed by atoms with Crippen molar-refractivity contribution in [3.8, 4) is 0 Å². The second-order valence-electron chi connectivity index (χ2n) is 6.20. The Morgan fingerprint density at radius 3 is 2.29 bits per heavy atom. The zero-order valence-corrected chi connectivity index (χ0v) is 14.3. The molecule has 2 amide bonds. The third-order valence-corrected chi connectivity index (χ3v) is 3.80. The van der Waals surface area contributed by atoms with Crippen LogP contribution in [0.15, 0.2) is 53.1 Å². The lowest BCUT2D eigenvalue weighted by atomic mass is 10.0. The Bertz CT molecular complexity index is 651. The van der Waals surface area contributed by atoms with E-state index >= 15 is 0 Å². The fourth-order valence-corrected chi connectivity index (χ4v) is 2.45. The summed E-state index contributed by atoms with van der Waals surface area (Å²) in [5.41, 5.74) is 0.918. The summed E-state index contributed by atoms with van der Waals surface area (Å²) in [5.74, 6) is 0.283. The fraction of sp³-hybridized carbons (Fsp3) is 0.368. The molecule has 2 N–H and O–H groups in total. The van der Waals surface area contributed by atoms with Crippen molar-refractivity contribution in [3.63, 3.8) is 0 Å². The summed E-state index contributed by atoms with van der Waals surface area (Å²) in [7, 11) is 0. The van der Waals surface area contributed by atoms with Crippen LogP contribution in [0.4, 0.5) is 0 Å². The Labute approximate surface area is 142 Å². The average molecular weight is 328 g/mol. The highest BCUT2D eigenvalue weighted by Crippen LogP contribution is 2.13. The number of carbonyl (C=O) groups excluding carboxylic acids is 2. The molecule has 2 rings (SSSR count). The van der Waals surface area contributed by atoms with E-state index in [1.165, 1.54) is 0 Å². The molecule has 1 aromatic carbocycles. The van der Waals surface area contributed by atoms with Gasteiger partial charge >= 0.3 is 0 Å². The number of carbonyl (C=O) groups is 2. The van der Waals surface area contributed by atoms with Crippen molar-refractivity contribution in [3.05, 3.63) is 60.1 Å². The van der Waals surface area contributed by atoms with E-state index in [9.17, 15) is 9.59 Å². The molecular weight excluding hydrogens is 304 g/mol. The number of furan rings is 1. The number of hydrogen-bond acceptors (Lipinski definition) is 3. The van der Waals surface area contributed by atoms with E-state index in [1.54, 1.807) is 12.3 Å². The van der Waals surface area contributed by atoms with Gasteiger partial charge in [0.25, 0.3) is 0 Å². The molecular formula is C19H24N2O3. The number of nitrogens with one attached hydrogen (secondary N) is 2. The van der Waals surface area contributed by atoms with Crippen LogP contribution in [0.1, 0.15) is 38.1 Å². The Morgan fingerprint density at radius 2 is 1.71 bits per heavy atom. The highest BCUT2D eigenvalue weighted by Gasteiger charge is 2.26. The zero-order chi connectivity index (χ0) is 17.5. The molecule has 0 aliphatic heterocycles. The van der Waals surface area contributed by atoms with Gasteiger partial charge in [0.1, 0.15) is 11.8 Å². The summed E-state index contributed by atoms with van der Waals surface area (Å²) in [4.78, 5) is 24.7. The van der Waals surface area contributed by atoms with Gasteiger partial charge in [-0.05, 0) is 30.5 Å². The molecule has 128 valence electrons. The largest absolute Gasteiger partial charge is 0.467 e. The first kappa shape index (κ1) is 17.8. The fourth-order valence-electron chi connectivity index (χ4n) is 2.45. The molecule has 0 aliphatic carbocycles. The molecule has 1 aromatic heterocycles. The van der Waals surface area contributed by atoms with Gasteiger partial charge in [-0.2, -0.15) is 0 Å². The second-order valence-corrected chi connectivity index (χ2v) is 6.20. The van der Waals surface area contributed by atoms with Gasteiger partial charge in [-0.3, -0.25) is 9.59 Å². The summed E-state index contributed by atoms with van der Waals surface area (Å²) < 4.78 is 5.29. The minimum Gasteiger partial charge on any atom is -0.467 e. The van der Waals surface area contributed by atoms with Gasteiger partial charge in [0, 0.05) is 0 Å². The standard InChI is InChI=1S/C19H24N2O3/c1-13(2)18(19(23)20-14(3)16-10-7-11-24-16)21-17(22)12-15-8-5-4-6-9-15/h4-11,13-14,18H,12H2,1-3H3,(H,20,23)(H,21,22)/t14-,18+/m0/s1. The van der Waals surface area contributed by atoms with Gasteiger partial charge in [-0.1, -0.05) is 44.2 Å². The van der Waals surface area contributed by atoms with Gasteiger partial charge in [-0.25, -0.2) is 0 Å². The molecule has 0 unspecified atom stereocenters. The van der Waals surface area contributed by atoms with Crippen molar-refractivity contribution in [2.45, 2.75) is 39.3 Å². The van der Waals surface area contributed by atoms with E-state index in [0.29, 0.717) is 5.76 Å². The Balaban J connectivity index is 1.95. The van der Waals surface area contributed by atoms with Crippen molar-refractivity contribution in [1.82, 2.24) is 10.6 Å². The molecule has 2 atom stereocenters. The van der Waals surface area contributed by atoms with Crippen LogP contribution in [0.25, 0.3) is 0 Å². The number of amides is 2. The molecule has 0 saturated heterocycles. The first-order valence-corrected chi connectivity index (χ1v) is 8.14. The van der Waals surface area contributed by atoms with Gasteiger partial charge in [-0.15, -0.1) is 0 Å². The van der Waals surface area contributed by atoms with Crippen LogP contribution in [0.3, 0.4) is 0 Å². The smallest absolute Gasteiger partial charge is 0.243 e. The maximum Gasteiger partial charge on any atom is 0.243 e. The van der Waals surface area contributed by atoms with Gasteiger partial charge in [0.15, 0.2) is 0 Å². The van der Waals surface area contributed by atoms with E-state index in [-0.39, 0.29) is 30.2 Å². The normalized spacial score (nSPS) is 13.3. The van der Waals surface area contributed by atoms with Crippen molar-refractivity contribution < 1.29 is 14.0 Å².